The Hall–Kier alpha value is -4.06. The lowest BCUT2D eigenvalue weighted by Crippen LogP contribution is -2.34. The van der Waals surface area contributed by atoms with Crippen molar-refractivity contribution in [3.05, 3.63) is 78.1 Å². The SMILES string of the molecule is COc1ncccc1CN1CCCC(c2nc3ccc(-c4cccc(F)c4)cn3n2)C1.O=C(O)C(F)(F)F. The van der Waals surface area contributed by atoms with Gasteiger partial charge in [-0.25, -0.2) is 23.7 Å². The number of ether oxygens (including phenoxy) is 1. The highest BCUT2D eigenvalue weighted by Crippen LogP contribution is 2.28. The van der Waals surface area contributed by atoms with Crippen LogP contribution >= 0.6 is 0 Å². The maximum Gasteiger partial charge on any atom is 0.490 e. The minimum Gasteiger partial charge on any atom is -0.481 e. The molecule has 1 aliphatic heterocycles. The van der Waals surface area contributed by atoms with Gasteiger partial charge in [0.05, 0.1) is 7.11 Å². The minimum atomic E-state index is -5.08. The fraction of sp³-hybridized carbons (Fsp3) is 0.308. The molecular weight excluding hydrogens is 506 g/mol. The summed E-state index contributed by atoms with van der Waals surface area (Å²) in [6.07, 6.45) is 0.743. The van der Waals surface area contributed by atoms with Crippen LogP contribution in [0.1, 0.15) is 30.1 Å². The second kappa shape index (κ2) is 11.5. The molecule has 0 amide bonds. The number of carboxylic acid groups (broad SMARTS) is 1. The van der Waals surface area contributed by atoms with Crippen LogP contribution in [0.5, 0.6) is 5.88 Å². The van der Waals surface area contributed by atoms with E-state index < -0.39 is 12.1 Å². The second-order valence-electron chi connectivity index (χ2n) is 8.75. The van der Waals surface area contributed by atoms with E-state index in [4.69, 9.17) is 24.7 Å². The Morgan fingerprint density at radius 1 is 1.16 bits per heavy atom. The third-order valence-corrected chi connectivity index (χ3v) is 6.06. The van der Waals surface area contributed by atoms with Crippen molar-refractivity contribution in [1.82, 2.24) is 24.5 Å². The number of likely N-dealkylation sites (tertiary alicyclic amines) is 1. The molecule has 8 nitrogen and oxygen atoms in total. The van der Waals surface area contributed by atoms with Gasteiger partial charge >= 0.3 is 12.1 Å². The fourth-order valence-corrected chi connectivity index (χ4v) is 4.29. The highest BCUT2D eigenvalue weighted by Gasteiger charge is 2.38. The Morgan fingerprint density at radius 2 is 1.95 bits per heavy atom. The first-order chi connectivity index (χ1) is 18.1. The third kappa shape index (κ3) is 6.62. The molecule has 200 valence electrons. The summed E-state index contributed by atoms with van der Waals surface area (Å²) < 4.78 is 52.5. The van der Waals surface area contributed by atoms with Gasteiger partial charge in [-0.2, -0.15) is 18.3 Å². The first-order valence-corrected chi connectivity index (χ1v) is 11.8. The minimum absolute atomic E-state index is 0.246. The van der Waals surface area contributed by atoms with Gasteiger partial charge in [0, 0.05) is 42.5 Å². The summed E-state index contributed by atoms with van der Waals surface area (Å²) in [4.78, 5) is 20.4. The number of halogens is 4. The summed E-state index contributed by atoms with van der Waals surface area (Å²) in [6, 6.07) is 14.5. The molecule has 0 saturated carbocycles. The molecule has 1 atom stereocenters. The van der Waals surface area contributed by atoms with Crippen molar-refractivity contribution in [1.29, 1.82) is 0 Å². The Morgan fingerprint density at radius 3 is 2.66 bits per heavy atom. The zero-order valence-corrected chi connectivity index (χ0v) is 20.4. The van der Waals surface area contributed by atoms with E-state index in [1.54, 1.807) is 23.9 Å². The predicted octanol–water partition coefficient (Wildman–Crippen LogP) is 4.95. The maximum absolute atomic E-state index is 13.6. The van der Waals surface area contributed by atoms with E-state index in [0.29, 0.717) is 5.88 Å². The molecule has 1 aromatic carbocycles. The van der Waals surface area contributed by atoms with Gasteiger partial charge in [0.1, 0.15) is 5.82 Å². The molecule has 12 heteroatoms. The first-order valence-electron chi connectivity index (χ1n) is 11.8. The molecule has 0 radical (unpaired) electrons. The molecule has 1 fully saturated rings. The smallest absolute Gasteiger partial charge is 0.481 e. The van der Waals surface area contributed by atoms with Gasteiger partial charge in [-0.1, -0.05) is 18.2 Å². The number of rotatable bonds is 5. The number of nitrogens with zero attached hydrogens (tertiary/aromatic N) is 5. The summed E-state index contributed by atoms with van der Waals surface area (Å²) in [6.45, 7) is 2.72. The van der Waals surface area contributed by atoms with Crippen molar-refractivity contribution in [2.75, 3.05) is 20.2 Å². The van der Waals surface area contributed by atoms with Crippen LogP contribution in [0.3, 0.4) is 0 Å². The summed E-state index contributed by atoms with van der Waals surface area (Å²) >= 11 is 0. The Balaban J connectivity index is 0.000000426. The molecule has 38 heavy (non-hydrogen) atoms. The summed E-state index contributed by atoms with van der Waals surface area (Å²) in [5, 5.41) is 11.9. The normalized spacial score (nSPS) is 16.1. The number of piperidine rings is 1. The van der Waals surface area contributed by atoms with Crippen LogP contribution in [0.4, 0.5) is 17.6 Å². The zero-order valence-electron chi connectivity index (χ0n) is 20.4. The standard InChI is InChI=1S/C24H24FN5O.C2HF3O2/c1-31-24-20(6-3-11-26-24)15-29-12-4-7-19(14-29)23-27-22-10-9-18(16-30(22)28-23)17-5-2-8-21(25)13-17;3-2(4,5)1(6)7/h2-3,5-6,8-11,13,16,19H,4,7,12,14-15H2,1H3;(H,6,7). The highest BCUT2D eigenvalue weighted by molar-refractivity contribution is 5.73. The maximum atomic E-state index is 13.6. The zero-order chi connectivity index (χ0) is 27.3. The van der Waals surface area contributed by atoms with E-state index in [-0.39, 0.29) is 11.7 Å². The number of benzene rings is 1. The number of aliphatic carboxylic acids is 1. The number of hydrogen-bond donors (Lipinski definition) is 1. The van der Waals surface area contributed by atoms with Crippen molar-refractivity contribution < 1.29 is 32.2 Å². The summed E-state index contributed by atoms with van der Waals surface area (Å²) in [5.41, 5.74) is 3.64. The fourth-order valence-electron chi connectivity index (χ4n) is 4.29. The van der Waals surface area contributed by atoms with Gasteiger partial charge in [0.25, 0.3) is 0 Å². The van der Waals surface area contributed by atoms with E-state index >= 15 is 0 Å². The van der Waals surface area contributed by atoms with Crippen LogP contribution in [0, 0.1) is 5.82 Å². The van der Waals surface area contributed by atoms with Crippen molar-refractivity contribution in [2.45, 2.75) is 31.5 Å². The third-order valence-electron chi connectivity index (χ3n) is 6.06. The molecule has 4 heterocycles. The molecule has 1 saturated heterocycles. The van der Waals surface area contributed by atoms with Crippen LogP contribution < -0.4 is 4.74 Å². The van der Waals surface area contributed by atoms with Crippen LogP contribution in [0.15, 0.2) is 60.9 Å². The molecule has 0 aliphatic carbocycles. The van der Waals surface area contributed by atoms with Gasteiger partial charge in [-0.3, -0.25) is 4.90 Å². The predicted molar refractivity (Wildman–Crippen MR) is 130 cm³/mol. The number of carbonyl (C=O) groups is 1. The van der Waals surface area contributed by atoms with Gasteiger partial charge in [0.2, 0.25) is 5.88 Å². The van der Waals surface area contributed by atoms with Crippen molar-refractivity contribution in [3.8, 4) is 17.0 Å². The Labute approximate surface area is 215 Å². The number of methoxy groups -OCH3 is 1. The van der Waals surface area contributed by atoms with E-state index in [2.05, 4.69) is 16.0 Å². The molecule has 0 spiro atoms. The van der Waals surface area contributed by atoms with Crippen molar-refractivity contribution in [3.63, 3.8) is 0 Å². The van der Waals surface area contributed by atoms with Gasteiger partial charge in [-0.05, 0) is 55.3 Å². The lowest BCUT2D eigenvalue weighted by molar-refractivity contribution is -0.192. The molecule has 0 bridgehead atoms. The average molecular weight is 532 g/mol. The van der Waals surface area contributed by atoms with Crippen LogP contribution in [0.25, 0.3) is 16.8 Å². The van der Waals surface area contributed by atoms with Crippen LogP contribution in [0.2, 0.25) is 0 Å². The lowest BCUT2D eigenvalue weighted by atomic mass is 9.97. The molecule has 1 unspecified atom stereocenters. The molecule has 1 N–H and O–H groups in total. The second-order valence-corrected chi connectivity index (χ2v) is 8.75. The highest BCUT2D eigenvalue weighted by atomic mass is 19.4. The number of alkyl halides is 3. The molecule has 4 aromatic rings. The number of hydrogen-bond acceptors (Lipinski definition) is 6. The van der Waals surface area contributed by atoms with Gasteiger partial charge in [-0.15, -0.1) is 0 Å². The van der Waals surface area contributed by atoms with Crippen molar-refractivity contribution in [2.24, 2.45) is 0 Å². The molecule has 5 rings (SSSR count). The monoisotopic (exact) mass is 531 g/mol. The number of pyridine rings is 2. The van der Waals surface area contributed by atoms with Crippen molar-refractivity contribution >= 4 is 11.6 Å². The number of aromatic nitrogens is 4. The van der Waals surface area contributed by atoms with E-state index in [1.807, 2.05) is 30.5 Å². The van der Waals surface area contributed by atoms with Crippen LogP contribution in [-0.4, -0.2) is 61.9 Å². The largest absolute Gasteiger partial charge is 0.490 e. The quantitative estimate of drug-likeness (QED) is 0.364. The van der Waals surface area contributed by atoms with Gasteiger partial charge < -0.3 is 9.84 Å². The summed E-state index contributed by atoms with van der Waals surface area (Å²) in [5.74, 6) is -1.19. The molecule has 3 aromatic heterocycles. The van der Waals surface area contributed by atoms with Crippen LogP contribution in [-0.2, 0) is 11.3 Å². The van der Waals surface area contributed by atoms with Gasteiger partial charge in [0.15, 0.2) is 11.5 Å². The average Bonchev–Trinajstić information content (AvgIpc) is 3.33. The first kappa shape index (κ1) is 27.0. The lowest BCUT2D eigenvalue weighted by Gasteiger charge is -2.31. The molecular formula is C26H25F4N5O3. The van der Waals surface area contributed by atoms with E-state index in [9.17, 15) is 17.6 Å². The summed E-state index contributed by atoms with van der Waals surface area (Å²) in [7, 11) is 1.66. The molecule has 1 aliphatic rings. The Bertz CT molecular complexity index is 1410. The number of fused-ring (bicyclic) bond motifs is 1. The topological polar surface area (TPSA) is 92.9 Å². The van der Waals surface area contributed by atoms with E-state index in [1.165, 1.54) is 12.1 Å². The van der Waals surface area contributed by atoms with E-state index in [0.717, 1.165) is 60.6 Å². The number of carboxylic acids is 1. The Kier molecular flexibility index (Phi) is 8.20.